The van der Waals surface area contributed by atoms with Crippen molar-refractivity contribution in [3.05, 3.63) is 44.6 Å². The Morgan fingerprint density at radius 1 is 1.23 bits per heavy atom. The quantitative estimate of drug-likeness (QED) is 0.456. The van der Waals surface area contributed by atoms with Crippen LogP contribution in [0.15, 0.2) is 22.8 Å². The van der Waals surface area contributed by atoms with Gasteiger partial charge < -0.3 is 15.1 Å². The monoisotopic (exact) mass is 460 g/mol. The lowest BCUT2D eigenvalue weighted by atomic mass is 10.0. The standard InChI is InChI=1S/C21H22N3O3PS2/c25-12-28-16-5-1-2-6-17(16)30-21(28)24-20(26)23-10-14-13-7-8-22-11-18(13)29-19(14)15-4-3-9-27-15/h3-4,9,12,22H,1-2,5-8,10-11H2,(H-,23,24,25,26)/p+1. The summed E-state index contributed by atoms with van der Waals surface area (Å²) in [5, 5.41) is 10.7. The molecule has 2 amide bonds. The smallest absolute Gasteiger partial charge is 0.323 e. The summed E-state index contributed by atoms with van der Waals surface area (Å²) < 4.78 is 6.46. The molecule has 1 aliphatic heterocycles. The lowest BCUT2D eigenvalue weighted by Gasteiger charge is -2.14. The number of furan rings is 1. The topological polar surface area (TPSA) is 83.4 Å². The highest BCUT2D eigenvalue weighted by molar-refractivity contribution is 7.74. The molecule has 3 aromatic heterocycles. The second kappa shape index (κ2) is 8.63. The predicted octanol–water partition coefficient (Wildman–Crippen LogP) is 5.22. The van der Waals surface area contributed by atoms with Crippen molar-refractivity contribution >= 4 is 47.0 Å². The van der Waals surface area contributed by atoms with Crippen LogP contribution in [0.4, 0.5) is 9.53 Å². The molecule has 4 heterocycles. The van der Waals surface area contributed by atoms with Crippen LogP contribution in [-0.4, -0.2) is 18.6 Å². The molecule has 0 aromatic carbocycles. The zero-order valence-corrected chi connectivity index (χ0v) is 19.0. The Bertz CT molecular complexity index is 1090. The third-order valence-electron chi connectivity index (χ3n) is 5.65. The van der Waals surface area contributed by atoms with Crippen LogP contribution >= 0.6 is 30.2 Å². The number of aryl methyl sites for hydroxylation is 1. The molecule has 0 saturated heterocycles. The van der Waals surface area contributed by atoms with Crippen molar-refractivity contribution in [3.8, 4) is 10.6 Å². The maximum absolute atomic E-state index is 12.7. The van der Waals surface area contributed by atoms with E-state index in [0.29, 0.717) is 6.54 Å². The highest BCUT2D eigenvalue weighted by Crippen LogP contribution is 2.50. The number of rotatable bonds is 5. The maximum Gasteiger partial charge on any atom is 0.323 e. The Morgan fingerprint density at radius 2 is 2.13 bits per heavy atom. The van der Waals surface area contributed by atoms with Crippen molar-refractivity contribution in [1.82, 2.24) is 10.6 Å². The van der Waals surface area contributed by atoms with Gasteiger partial charge in [0, 0.05) is 24.4 Å². The van der Waals surface area contributed by atoms with Gasteiger partial charge in [0.25, 0.3) is 4.73 Å². The van der Waals surface area contributed by atoms with Gasteiger partial charge in [-0.25, -0.2) is 9.59 Å². The number of nitrogens with one attached hydrogen (secondary N) is 3. The Morgan fingerprint density at radius 3 is 2.97 bits per heavy atom. The number of anilines is 1. The summed E-state index contributed by atoms with van der Waals surface area (Å²) in [6.45, 7) is 2.24. The maximum atomic E-state index is 12.7. The molecule has 9 heteroatoms. The van der Waals surface area contributed by atoms with E-state index in [4.69, 9.17) is 4.42 Å². The van der Waals surface area contributed by atoms with E-state index in [1.54, 1.807) is 28.9 Å². The molecule has 1 unspecified atom stereocenters. The molecular formula is C21H23N3O3PS2+. The first kappa shape index (κ1) is 19.9. The highest BCUT2D eigenvalue weighted by Gasteiger charge is 2.32. The van der Waals surface area contributed by atoms with Crippen molar-refractivity contribution in [2.24, 2.45) is 0 Å². The van der Waals surface area contributed by atoms with E-state index in [1.165, 1.54) is 27.0 Å². The molecule has 0 bridgehead atoms. The molecule has 0 fully saturated rings. The van der Waals surface area contributed by atoms with E-state index in [1.807, 2.05) is 12.1 Å². The van der Waals surface area contributed by atoms with E-state index in [0.717, 1.165) is 65.7 Å². The second-order valence-electron chi connectivity index (χ2n) is 7.48. The summed E-state index contributed by atoms with van der Waals surface area (Å²) in [5.41, 5.74) is 2.46. The molecule has 5 rings (SSSR count). The van der Waals surface area contributed by atoms with E-state index in [9.17, 15) is 9.59 Å². The molecule has 2 aliphatic rings. The average molecular weight is 461 g/mol. The minimum atomic E-state index is -1.01. The second-order valence-corrected chi connectivity index (χ2v) is 11.9. The Balaban J connectivity index is 1.35. The summed E-state index contributed by atoms with van der Waals surface area (Å²) in [5.74, 6) is 0.841. The first-order valence-corrected chi connectivity index (χ1v) is 13.2. The normalized spacial score (nSPS) is 15.9. The van der Waals surface area contributed by atoms with Gasteiger partial charge >= 0.3 is 12.1 Å². The molecule has 1 aliphatic carbocycles. The lowest BCUT2D eigenvalue weighted by Crippen LogP contribution is -2.29. The van der Waals surface area contributed by atoms with Crippen LogP contribution in [0, 0.1) is 0 Å². The number of hydrogen-bond acceptors (Lipinski definition) is 6. The molecule has 1 atom stereocenters. The summed E-state index contributed by atoms with van der Waals surface area (Å²) in [6, 6.07) is 4.64. The summed E-state index contributed by atoms with van der Waals surface area (Å²) in [6.07, 6.45) is 6.95. The first-order chi connectivity index (χ1) is 14.7. The Kier molecular flexibility index (Phi) is 5.74. The summed E-state index contributed by atoms with van der Waals surface area (Å²) >= 11 is 3.34. The van der Waals surface area contributed by atoms with Crippen molar-refractivity contribution in [1.29, 1.82) is 0 Å². The van der Waals surface area contributed by atoms with Gasteiger partial charge in [0.05, 0.1) is 16.0 Å². The Hall–Kier alpha value is -1.99. The zero-order valence-electron chi connectivity index (χ0n) is 16.5. The highest BCUT2D eigenvalue weighted by atomic mass is 32.1. The van der Waals surface area contributed by atoms with Crippen molar-refractivity contribution in [2.75, 3.05) is 11.9 Å². The number of carbonyl (C=O) groups excluding carboxylic acids is 2. The van der Waals surface area contributed by atoms with Crippen molar-refractivity contribution in [3.63, 3.8) is 0 Å². The summed E-state index contributed by atoms with van der Waals surface area (Å²) in [7, 11) is -1.01. The van der Waals surface area contributed by atoms with Gasteiger partial charge in [0.2, 0.25) is 7.53 Å². The van der Waals surface area contributed by atoms with E-state index in [-0.39, 0.29) is 6.03 Å². The molecule has 3 N–H and O–H groups in total. The van der Waals surface area contributed by atoms with Gasteiger partial charge in [-0.2, -0.15) is 0 Å². The molecule has 0 spiro atoms. The van der Waals surface area contributed by atoms with Crippen molar-refractivity contribution in [2.45, 2.75) is 45.2 Å². The Labute approximate surface area is 183 Å². The number of carbonyl (C=O) groups is 2. The number of amides is 2. The van der Waals surface area contributed by atoms with Crippen LogP contribution in [0.25, 0.3) is 10.6 Å². The van der Waals surface area contributed by atoms with Gasteiger partial charge in [0.1, 0.15) is 11.1 Å². The minimum absolute atomic E-state index is 0.244. The minimum Gasteiger partial charge on any atom is -0.464 e. The van der Waals surface area contributed by atoms with Crippen LogP contribution < -0.4 is 16.0 Å². The molecule has 6 nitrogen and oxygen atoms in total. The van der Waals surface area contributed by atoms with E-state index >= 15 is 0 Å². The number of fused-ring (bicyclic) bond motifs is 2. The van der Waals surface area contributed by atoms with Crippen LogP contribution in [-0.2, 0) is 37.1 Å². The van der Waals surface area contributed by atoms with E-state index in [2.05, 4.69) is 16.0 Å². The fourth-order valence-electron chi connectivity index (χ4n) is 4.22. The van der Waals surface area contributed by atoms with Gasteiger partial charge in [-0.15, -0.1) is 11.3 Å². The fraction of sp³-hybridized carbons (Fsp3) is 0.381. The third kappa shape index (κ3) is 3.73. The third-order valence-corrected chi connectivity index (χ3v) is 10.8. The number of urea groups is 1. The van der Waals surface area contributed by atoms with Crippen LogP contribution in [0.3, 0.4) is 0 Å². The van der Waals surface area contributed by atoms with Crippen LogP contribution in [0.5, 0.6) is 0 Å². The fourth-order valence-corrected chi connectivity index (χ4v) is 9.45. The molecule has 3 aromatic rings. The molecule has 30 heavy (non-hydrogen) atoms. The van der Waals surface area contributed by atoms with Crippen LogP contribution in [0.1, 0.15) is 39.0 Å². The van der Waals surface area contributed by atoms with E-state index < -0.39 is 7.53 Å². The molecule has 156 valence electrons. The molecular weight excluding hydrogens is 437 g/mol. The van der Waals surface area contributed by atoms with Crippen molar-refractivity contribution < 1.29 is 14.0 Å². The van der Waals surface area contributed by atoms with Gasteiger partial charge in [0.15, 0.2) is 0 Å². The average Bonchev–Trinajstić information content (AvgIpc) is 3.48. The molecule has 0 saturated carbocycles. The lowest BCUT2D eigenvalue weighted by molar-refractivity contribution is 0.252. The van der Waals surface area contributed by atoms with Gasteiger partial charge in [-0.05, 0) is 55.5 Å². The van der Waals surface area contributed by atoms with Gasteiger partial charge in [-0.1, -0.05) is 11.3 Å². The first-order valence-electron chi connectivity index (χ1n) is 10.2. The predicted molar refractivity (Wildman–Crippen MR) is 124 cm³/mol. The van der Waals surface area contributed by atoms with Crippen LogP contribution in [0.2, 0.25) is 0 Å². The number of thiophene rings is 1. The molecule has 0 radical (unpaired) electrons. The van der Waals surface area contributed by atoms with Gasteiger partial charge in [-0.3, -0.25) is 5.32 Å². The largest absolute Gasteiger partial charge is 0.464 e. The zero-order chi connectivity index (χ0) is 20.5. The number of hydrogen-bond donors (Lipinski definition) is 3. The SMILES string of the molecule is O=C[p+]1c(NC(=O)NCc2c(-c3ccco3)sc3c2CCNC3)sc2c1CCCC2. The summed E-state index contributed by atoms with van der Waals surface area (Å²) in [4.78, 5) is 28.1.